The summed E-state index contributed by atoms with van der Waals surface area (Å²) in [6.45, 7) is 7.06. The van der Waals surface area contributed by atoms with Crippen LogP contribution in [0.3, 0.4) is 0 Å². The molecular weight excluding hydrogens is 509 g/mol. The standard InChI is InChI=1S/C29H35ClFN3O4/c1-5-38-25(35)15-28(11-8-12-28)34-16-29(17-34,21-10-7-6-9-19(21)18(2)3)27(37)33-24-14-23(31)22(30)13-20(24)26(36)32-4/h6-7,9-10,13-14,18H,5,8,11-12,15-17H2,1-4H3,(H,32,36)(H,33,37). The van der Waals surface area contributed by atoms with E-state index in [0.717, 1.165) is 36.5 Å². The van der Waals surface area contributed by atoms with Gasteiger partial charge in [0.1, 0.15) is 5.82 Å². The van der Waals surface area contributed by atoms with Gasteiger partial charge in [0.25, 0.3) is 5.91 Å². The number of hydrogen-bond acceptors (Lipinski definition) is 5. The SMILES string of the molecule is CCOC(=O)CC1(N2CC(C(=O)Nc3cc(F)c(Cl)cc3C(=O)NC)(c3ccccc3C(C)C)C2)CCC1. The summed E-state index contributed by atoms with van der Waals surface area (Å²) in [5, 5.41) is 5.16. The molecule has 2 N–H and O–H groups in total. The molecule has 7 nitrogen and oxygen atoms in total. The summed E-state index contributed by atoms with van der Waals surface area (Å²) >= 11 is 5.95. The predicted molar refractivity (Wildman–Crippen MR) is 145 cm³/mol. The third-order valence-electron chi connectivity index (χ3n) is 7.97. The van der Waals surface area contributed by atoms with Crippen LogP contribution in [0.25, 0.3) is 0 Å². The first kappa shape index (κ1) is 28.0. The smallest absolute Gasteiger partial charge is 0.307 e. The second-order valence-electron chi connectivity index (χ2n) is 10.6. The Kier molecular flexibility index (Phi) is 8.14. The van der Waals surface area contributed by atoms with Crippen LogP contribution in [-0.2, 0) is 19.7 Å². The van der Waals surface area contributed by atoms with Gasteiger partial charge in [-0.15, -0.1) is 0 Å². The average Bonchev–Trinajstić information content (AvgIpc) is 2.83. The molecule has 9 heteroatoms. The molecule has 2 aliphatic rings. The van der Waals surface area contributed by atoms with Gasteiger partial charge in [-0.25, -0.2) is 4.39 Å². The Morgan fingerprint density at radius 3 is 2.42 bits per heavy atom. The van der Waals surface area contributed by atoms with E-state index in [9.17, 15) is 18.8 Å². The van der Waals surface area contributed by atoms with Gasteiger partial charge < -0.3 is 15.4 Å². The fourth-order valence-corrected chi connectivity index (χ4v) is 5.86. The van der Waals surface area contributed by atoms with Crippen molar-refractivity contribution in [2.75, 3.05) is 32.1 Å². The summed E-state index contributed by atoms with van der Waals surface area (Å²) in [5.41, 5.74) is 0.792. The first-order valence-electron chi connectivity index (χ1n) is 13.1. The molecule has 1 aliphatic heterocycles. The van der Waals surface area contributed by atoms with E-state index in [1.807, 2.05) is 24.3 Å². The predicted octanol–water partition coefficient (Wildman–Crippen LogP) is 5.03. The molecule has 0 radical (unpaired) electrons. The fourth-order valence-electron chi connectivity index (χ4n) is 5.70. The molecule has 4 rings (SSSR count). The lowest BCUT2D eigenvalue weighted by atomic mass is 9.63. The minimum absolute atomic E-state index is 0.0565. The van der Waals surface area contributed by atoms with Crippen molar-refractivity contribution in [1.82, 2.24) is 10.2 Å². The van der Waals surface area contributed by atoms with Crippen LogP contribution in [0.15, 0.2) is 36.4 Å². The zero-order valence-electron chi connectivity index (χ0n) is 22.3. The molecule has 0 unspecified atom stereocenters. The number of esters is 1. The fraction of sp³-hybridized carbons (Fsp3) is 0.483. The van der Waals surface area contributed by atoms with Gasteiger partial charge >= 0.3 is 5.97 Å². The van der Waals surface area contributed by atoms with Gasteiger partial charge in [-0.05, 0) is 55.4 Å². The monoisotopic (exact) mass is 543 g/mol. The number of halogens is 2. The van der Waals surface area contributed by atoms with E-state index in [4.69, 9.17) is 16.3 Å². The van der Waals surface area contributed by atoms with Crippen molar-refractivity contribution >= 4 is 35.1 Å². The summed E-state index contributed by atoms with van der Waals surface area (Å²) in [7, 11) is 1.46. The molecule has 0 bridgehead atoms. The molecular formula is C29H35ClFN3O4. The van der Waals surface area contributed by atoms with Crippen LogP contribution in [-0.4, -0.2) is 55.0 Å². The Morgan fingerprint density at radius 1 is 1.16 bits per heavy atom. The summed E-state index contributed by atoms with van der Waals surface area (Å²) in [6.07, 6.45) is 3.02. The van der Waals surface area contributed by atoms with E-state index in [0.29, 0.717) is 19.7 Å². The molecule has 1 heterocycles. The van der Waals surface area contributed by atoms with Gasteiger partial charge in [0.05, 0.1) is 34.7 Å². The average molecular weight is 544 g/mol. The second-order valence-corrected chi connectivity index (χ2v) is 11.0. The van der Waals surface area contributed by atoms with E-state index in [1.165, 1.54) is 13.1 Å². The van der Waals surface area contributed by atoms with Crippen molar-refractivity contribution in [3.63, 3.8) is 0 Å². The highest BCUT2D eigenvalue weighted by Crippen LogP contribution is 2.50. The van der Waals surface area contributed by atoms with Gasteiger partial charge in [0, 0.05) is 25.7 Å². The van der Waals surface area contributed by atoms with E-state index in [1.54, 1.807) is 6.92 Å². The molecule has 0 aromatic heterocycles. The molecule has 2 amide bonds. The molecule has 2 aromatic carbocycles. The molecule has 38 heavy (non-hydrogen) atoms. The Morgan fingerprint density at radius 2 is 1.84 bits per heavy atom. The van der Waals surface area contributed by atoms with Crippen LogP contribution in [0.2, 0.25) is 5.02 Å². The van der Waals surface area contributed by atoms with Crippen molar-refractivity contribution in [2.45, 2.75) is 63.3 Å². The first-order chi connectivity index (χ1) is 18.1. The molecule has 1 saturated heterocycles. The maximum atomic E-state index is 14.5. The zero-order valence-corrected chi connectivity index (χ0v) is 23.1. The lowest BCUT2D eigenvalue weighted by molar-refractivity contribution is -0.155. The zero-order chi connectivity index (χ0) is 27.7. The summed E-state index contributed by atoms with van der Waals surface area (Å²) in [4.78, 5) is 41.3. The van der Waals surface area contributed by atoms with Crippen molar-refractivity contribution in [3.8, 4) is 0 Å². The van der Waals surface area contributed by atoms with Crippen molar-refractivity contribution in [2.24, 2.45) is 0 Å². The highest BCUT2D eigenvalue weighted by atomic mass is 35.5. The first-order valence-corrected chi connectivity index (χ1v) is 13.5. The Bertz CT molecular complexity index is 1240. The van der Waals surface area contributed by atoms with E-state index in [2.05, 4.69) is 29.4 Å². The van der Waals surface area contributed by atoms with E-state index in [-0.39, 0.29) is 46.0 Å². The van der Waals surface area contributed by atoms with E-state index >= 15 is 0 Å². The van der Waals surface area contributed by atoms with Gasteiger partial charge in [-0.2, -0.15) is 0 Å². The number of likely N-dealkylation sites (tertiary alicyclic amines) is 1. The van der Waals surface area contributed by atoms with Crippen LogP contribution < -0.4 is 10.6 Å². The number of carbonyl (C=O) groups is 3. The number of benzene rings is 2. The normalized spacial score (nSPS) is 17.8. The van der Waals surface area contributed by atoms with Crippen LogP contribution in [0.4, 0.5) is 10.1 Å². The number of hydrogen-bond donors (Lipinski definition) is 2. The summed E-state index contributed by atoms with van der Waals surface area (Å²) in [6, 6.07) is 10.1. The van der Waals surface area contributed by atoms with Gasteiger partial charge in [-0.1, -0.05) is 49.7 Å². The minimum Gasteiger partial charge on any atom is -0.466 e. The number of nitrogens with zero attached hydrogens (tertiary/aromatic N) is 1. The quantitative estimate of drug-likeness (QED) is 0.433. The Labute approximate surface area is 228 Å². The third-order valence-corrected chi connectivity index (χ3v) is 8.26. The Balaban J connectivity index is 1.71. The molecule has 2 fully saturated rings. The van der Waals surface area contributed by atoms with Crippen molar-refractivity contribution in [1.29, 1.82) is 0 Å². The molecule has 0 spiro atoms. The second kappa shape index (κ2) is 11.0. The third kappa shape index (κ3) is 5.04. The maximum absolute atomic E-state index is 14.5. The summed E-state index contributed by atoms with van der Waals surface area (Å²) in [5.74, 6) is -1.62. The number of carbonyl (C=O) groups excluding carboxylic acids is 3. The molecule has 1 saturated carbocycles. The maximum Gasteiger partial charge on any atom is 0.307 e. The van der Waals surface area contributed by atoms with E-state index < -0.39 is 17.1 Å². The van der Waals surface area contributed by atoms with Crippen LogP contribution in [0.5, 0.6) is 0 Å². The summed E-state index contributed by atoms with van der Waals surface area (Å²) < 4.78 is 19.7. The number of rotatable bonds is 9. The molecule has 0 atom stereocenters. The lowest BCUT2D eigenvalue weighted by Gasteiger charge is -2.61. The topological polar surface area (TPSA) is 87.7 Å². The van der Waals surface area contributed by atoms with Gasteiger partial charge in [0.2, 0.25) is 5.91 Å². The number of ether oxygens (including phenoxy) is 1. The number of amides is 2. The molecule has 1 aliphatic carbocycles. The Hall–Kier alpha value is -2.97. The van der Waals surface area contributed by atoms with Gasteiger partial charge in [-0.3, -0.25) is 19.3 Å². The van der Waals surface area contributed by atoms with Crippen LogP contribution in [0.1, 0.15) is 73.9 Å². The van der Waals surface area contributed by atoms with Crippen molar-refractivity contribution < 1.29 is 23.5 Å². The van der Waals surface area contributed by atoms with Gasteiger partial charge in [0.15, 0.2) is 0 Å². The highest BCUT2D eigenvalue weighted by Gasteiger charge is 2.59. The van der Waals surface area contributed by atoms with Crippen LogP contribution in [0, 0.1) is 5.82 Å². The van der Waals surface area contributed by atoms with Crippen LogP contribution >= 0.6 is 11.6 Å². The highest BCUT2D eigenvalue weighted by molar-refractivity contribution is 6.31. The minimum atomic E-state index is -0.950. The number of anilines is 1. The lowest BCUT2D eigenvalue weighted by Crippen LogP contribution is -2.73. The number of nitrogens with one attached hydrogen (secondary N) is 2. The molecule has 204 valence electrons. The van der Waals surface area contributed by atoms with Crippen molar-refractivity contribution in [3.05, 3.63) is 63.9 Å². The largest absolute Gasteiger partial charge is 0.466 e. The molecule has 2 aromatic rings.